The van der Waals surface area contributed by atoms with Crippen LogP contribution in [-0.2, 0) is 11.8 Å². The Hall–Kier alpha value is -1.80. The first-order valence-corrected chi connectivity index (χ1v) is 8.14. The molecule has 1 aromatic heterocycles. The fourth-order valence-corrected chi connectivity index (χ4v) is 3.26. The second-order valence-electron chi connectivity index (χ2n) is 6.48. The van der Waals surface area contributed by atoms with Crippen LogP contribution in [0, 0.1) is 17.2 Å². The molecule has 2 heterocycles. The monoisotopic (exact) mass is 301 g/mol. The number of ether oxygens (including phenoxy) is 1. The average Bonchev–Trinajstić information content (AvgIpc) is 3.09. The average molecular weight is 301 g/mol. The fraction of sp³-hybridized carbons (Fsp3) is 0.647. The van der Waals surface area contributed by atoms with E-state index in [9.17, 15) is 4.79 Å². The summed E-state index contributed by atoms with van der Waals surface area (Å²) in [5, 5.41) is 9.01. The Bertz CT molecular complexity index is 577. The molecule has 0 spiro atoms. The molecule has 2 fully saturated rings. The van der Waals surface area contributed by atoms with Crippen LogP contribution in [0.3, 0.4) is 0 Å². The van der Waals surface area contributed by atoms with E-state index in [1.807, 2.05) is 11.9 Å². The van der Waals surface area contributed by atoms with Gasteiger partial charge in [-0.05, 0) is 37.7 Å². The summed E-state index contributed by atoms with van der Waals surface area (Å²) in [7, 11) is 1.82. The van der Waals surface area contributed by atoms with Crippen LogP contribution in [0.15, 0.2) is 12.3 Å². The van der Waals surface area contributed by atoms with E-state index in [1.165, 1.54) is 19.3 Å². The summed E-state index contributed by atoms with van der Waals surface area (Å²) in [6.45, 7) is 2.28. The number of aromatic nitrogens is 1. The van der Waals surface area contributed by atoms with E-state index in [4.69, 9.17) is 10.00 Å². The second-order valence-corrected chi connectivity index (χ2v) is 6.48. The van der Waals surface area contributed by atoms with Crippen LogP contribution in [0.5, 0.6) is 0 Å². The van der Waals surface area contributed by atoms with Crippen molar-refractivity contribution in [1.82, 2.24) is 9.47 Å². The molecule has 5 heteroatoms. The molecule has 1 atom stereocenters. The zero-order valence-corrected chi connectivity index (χ0v) is 13.1. The van der Waals surface area contributed by atoms with Gasteiger partial charge in [-0.3, -0.25) is 4.79 Å². The fourth-order valence-electron chi connectivity index (χ4n) is 3.26. The van der Waals surface area contributed by atoms with Gasteiger partial charge >= 0.3 is 0 Å². The third-order valence-corrected chi connectivity index (χ3v) is 4.79. The highest BCUT2D eigenvalue weighted by Gasteiger charge is 2.29. The Balaban J connectivity index is 1.74. The first kappa shape index (κ1) is 15.1. The molecule has 1 amide bonds. The number of rotatable bonds is 5. The maximum Gasteiger partial charge on any atom is 0.270 e. The maximum absolute atomic E-state index is 12.9. The van der Waals surface area contributed by atoms with Crippen molar-refractivity contribution in [1.29, 1.82) is 5.26 Å². The van der Waals surface area contributed by atoms with Crippen LogP contribution in [0.2, 0.25) is 0 Å². The highest BCUT2D eigenvalue weighted by atomic mass is 16.5. The topological polar surface area (TPSA) is 58.3 Å². The van der Waals surface area contributed by atoms with Gasteiger partial charge in [-0.1, -0.05) is 6.42 Å². The van der Waals surface area contributed by atoms with Gasteiger partial charge in [-0.15, -0.1) is 0 Å². The first-order chi connectivity index (χ1) is 10.7. The van der Waals surface area contributed by atoms with Gasteiger partial charge in [0, 0.05) is 32.9 Å². The third kappa shape index (κ3) is 3.17. The molecule has 118 valence electrons. The van der Waals surface area contributed by atoms with E-state index in [1.54, 1.807) is 16.8 Å². The molecule has 3 rings (SSSR count). The number of hydrogen-bond donors (Lipinski definition) is 0. The van der Waals surface area contributed by atoms with Crippen molar-refractivity contribution in [3.05, 3.63) is 23.5 Å². The van der Waals surface area contributed by atoms with Crippen LogP contribution in [0.1, 0.15) is 48.2 Å². The first-order valence-electron chi connectivity index (χ1n) is 8.14. The van der Waals surface area contributed by atoms with Crippen LogP contribution >= 0.6 is 0 Å². The number of hydrogen-bond acceptors (Lipinski definition) is 3. The number of carbonyl (C=O) groups is 1. The van der Waals surface area contributed by atoms with Crippen molar-refractivity contribution >= 4 is 5.91 Å². The molecule has 2 aliphatic rings. The van der Waals surface area contributed by atoms with Crippen molar-refractivity contribution in [3.63, 3.8) is 0 Å². The number of carbonyl (C=O) groups excluding carboxylic acids is 1. The van der Waals surface area contributed by atoms with Gasteiger partial charge in [0.1, 0.15) is 11.8 Å². The number of nitrogens with zero attached hydrogens (tertiary/aromatic N) is 3. The Morgan fingerprint density at radius 2 is 2.23 bits per heavy atom. The lowest BCUT2D eigenvalue weighted by Gasteiger charge is -2.33. The quantitative estimate of drug-likeness (QED) is 0.838. The van der Waals surface area contributed by atoms with Gasteiger partial charge < -0.3 is 14.2 Å². The highest BCUT2D eigenvalue weighted by molar-refractivity contribution is 5.93. The molecule has 0 bridgehead atoms. The summed E-state index contributed by atoms with van der Waals surface area (Å²) in [6.07, 6.45) is 7.69. The second kappa shape index (κ2) is 6.53. The van der Waals surface area contributed by atoms with Crippen molar-refractivity contribution in [2.75, 3.05) is 19.7 Å². The molecule has 1 aliphatic carbocycles. The van der Waals surface area contributed by atoms with Gasteiger partial charge in [0.2, 0.25) is 0 Å². The van der Waals surface area contributed by atoms with Crippen LogP contribution < -0.4 is 0 Å². The maximum atomic E-state index is 12.9. The number of amides is 1. The minimum Gasteiger partial charge on any atom is -0.376 e. The molecule has 22 heavy (non-hydrogen) atoms. The van der Waals surface area contributed by atoms with Crippen molar-refractivity contribution < 1.29 is 9.53 Å². The summed E-state index contributed by atoms with van der Waals surface area (Å²) in [5.41, 5.74) is 1.13. The normalized spacial score (nSPS) is 21.4. The van der Waals surface area contributed by atoms with Gasteiger partial charge in [-0.25, -0.2) is 0 Å². The van der Waals surface area contributed by atoms with Gasteiger partial charge in [0.05, 0.1) is 11.7 Å². The van der Waals surface area contributed by atoms with Crippen LogP contribution in [0.4, 0.5) is 0 Å². The third-order valence-electron chi connectivity index (χ3n) is 4.79. The summed E-state index contributed by atoms with van der Waals surface area (Å²) >= 11 is 0. The SMILES string of the molecule is Cn1cc(C#N)cc1C(=O)N(CC1CCC1)CC1CCCO1. The zero-order chi connectivity index (χ0) is 15.5. The summed E-state index contributed by atoms with van der Waals surface area (Å²) in [6, 6.07) is 3.79. The molecule has 1 saturated heterocycles. The van der Waals surface area contributed by atoms with Crippen molar-refractivity contribution in [3.8, 4) is 6.07 Å². The number of aryl methyl sites for hydroxylation is 1. The lowest BCUT2D eigenvalue weighted by molar-refractivity contribution is 0.0441. The predicted molar refractivity (Wildman–Crippen MR) is 82.3 cm³/mol. The summed E-state index contributed by atoms with van der Waals surface area (Å²) < 4.78 is 7.46. The molecule has 0 aromatic carbocycles. The molecule has 0 N–H and O–H groups in total. The van der Waals surface area contributed by atoms with Gasteiger partial charge in [0.25, 0.3) is 5.91 Å². The smallest absolute Gasteiger partial charge is 0.270 e. The minimum atomic E-state index is 0.0198. The van der Waals surface area contributed by atoms with Crippen molar-refractivity contribution in [2.45, 2.75) is 38.2 Å². The molecule has 1 aromatic rings. The van der Waals surface area contributed by atoms with Crippen LogP contribution in [0.25, 0.3) is 0 Å². The van der Waals surface area contributed by atoms with Gasteiger partial charge in [0.15, 0.2) is 0 Å². The Labute approximate surface area is 131 Å². The standard InChI is InChI=1S/C17H23N3O2/c1-19-10-14(9-18)8-16(19)17(21)20(11-13-4-2-5-13)12-15-6-3-7-22-15/h8,10,13,15H,2-7,11-12H2,1H3. The van der Waals surface area contributed by atoms with Crippen molar-refractivity contribution in [2.24, 2.45) is 13.0 Å². The summed E-state index contributed by atoms with van der Waals surface area (Å²) in [4.78, 5) is 14.8. The van der Waals surface area contributed by atoms with E-state index in [2.05, 4.69) is 6.07 Å². The molecule has 1 aliphatic heterocycles. The molecule has 0 radical (unpaired) electrons. The molecular formula is C17H23N3O2. The largest absolute Gasteiger partial charge is 0.376 e. The molecule has 1 unspecified atom stereocenters. The minimum absolute atomic E-state index is 0.0198. The summed E-state index contributed by atoms with van der Waals surface area (Å²) in [5.74, 6) is 0.646. The highest BCUT2D eigenvalue weighted by Crippen LogP contribution is 2.28. The molecular weight excluding hydrogens is 278 g/mol. The Morgan fingerprint density at radius 1 is 1.41 bits per heavy atom. The van der Waals surface area contributed by atoms with E-state index in [0.29, 0.717) is 23.7 Å². The van der Waals surface area contributed by atoms with E-state index in [-0.39, 0.29) is 12.0 Å². The Morgan fingerprint density at radius 3 is 2.77 bits per heavy atom. The number of nitriles is 1. The molecule has 1 saturated carbocycles. The zero-order valence-electron chi connectivity index (χ0n) is 13.1. The molecule has 5 nitrogen and oxygen atoms in total. The Kier molecular flexibility index (Phi) is 4.49. The van der Waals surface area contributed by atoms with E-state index < -0.39 is 0 Å². The lowest BCUT2D eigenvalue weighted by Crippen LogP contribution is -2.42. The van der Waals surface area contributed by atoms with E-state index >= 15 is 0 Å². The predicted octanol–water partition coefficient (Wildman–Crippen LogP) is 2.32. The van der Waals surface area contributed by atoms with Crippen LogP contribution in [-0.4, -0.2) is 41.2 Å². The lowest BCUT2D eigenvalue weighted by atomic mass is 9.85. The van der Waals surface area contributed by atoms with E-state index in [0.717, 1.165) is 26.0 Å². The van der Waals surface area contributed by atoms with Gasteiger partial charge in [-0.2, -0.15) is 5.26 Å².